The van der Waals surface area contributed by atoms with E-state index in [-0.39, 0.29) is 62.0 Å². The summed E-state index contributed by atoms with van der Waals surface area (Å²) in [5.41, 5.74) is 0.0471. The lowest BCUT2D eigenvalue weighted by molar-refractivity contribution is -0.0441. The molecular formula is C25H27F3N2O5. The van der Waals surface area contributed by atoms with Crippen molar-refractivity contribution in [2.24, 2.45) is 5.92 Å². The van der Waals surface area contributed by atoms with E-state index >= 15 is 0 Å². The second kappa shape index (κ2) is 9.31. The number of hydrogen-bond acceptors (Lipinski definition) is 6. The minimum atomic E-state index is -2.64. The summed E-state index contributed by atoms with van der Waals surface area (Å²) in [6.45, 7) is 0.823. The lowest BCUT2D eigenvalue weighted by atomic mass is 9.82. The number of carbonyl (C=O) groups excluding carboxylic acids is 1. The summed E-state index contributed by atoms with van der Waals surface area (Å²) in [5, 5.41) is 0. The molecule has 3 atom stereocenters. The number of pyridine rings is 1. The standard InChI is InChI=1S/C25H27F3N2O5/c1-32-22-20(33-14-16-7-8-24(27,28)12-16)6-5-19(29-22)23(31)30-10-9-25(21(13-30)34-15-35-25)17-3-2-4-18(26)11-17/h2-6,11,16,21H,7-10,12-15H2,1H3. The highest BCUT2D eigenvalue weighted by atomic mass is 19.3. The number of methoxy groups -OCH3 is 1. The number of alkyl halides is 2. The topological polar surface area (TPSA) is 70.1 Å². The minimum Gasteiger partial charge on any atom is -0.488 e. The van der Waals surface area contributed by atoms with Crippen molar-refractivity contribution in [2.45, 2.75) is 43.3 Å². The molecular weight excluding hydrogens is 465 g/mol. The van der Waals surface area contributed by atoms with E-state index in [4.69, 9.17) is 18.9 Å². The molecule has 10 heteroatoms. The maximum Gasteiger partial charge on any atom is 0.272 e. The third-order valence-corrected chi connectivity index (χ3v) is 7.06. The third-order valence-electron chi connectivity index (χ3n) is 7.06. The molecule has 0 bridgehead atoms. The zero-order chi connectivity index (χ0) is 24.6. The normalized spacial score (nSPS) is 27.5. The van der Waals surface area contributed by atoms with Crippen LogP contribution in [0.25, 0.3) is 0 Å². The molecule has 2 saturated heterocycles. The number of benzene rings is 1. The van der Waals surface area contributed by atoms with E-state index in [1.54, 1.807) is 23.1 Å². The average molecular weight is 492 g/mol. The smallest absolute Gasteiger partial charge is 0.272 e. The zero-order valence-electron chi connectivity index (χ0n) is 19.3. The number of piperidine rings is 1. The highest BCUT2D eigenvalue weighted by Gasteiger charge is 2.51. The van der Waals surface area contributed by atoms with Gasteiger partial charge in [-0.25, -0.2) is 18.2 Å². The molecule has 2 aliphatic heterocycles. The number of halogens is 3. The SMILES string of the molecule is COc1nc(C(=O)N2CCC3(c4cccc(F)c4)OCOC3C2)ccc1OCC1CCC(F)(F)C1. The summed E-state index contributed by atoms with van der Waals surface area (Å²) >= 11 is 0. The van der Waals surface area contributed by atoms with Crippen LogP contribution in [0, 0.1) is 11.7 Å². The summed E-state index contributed by atoms with van der Waals surface area (Å²) in [7, 11) is 1.41. The molecule has 1 aromatic carbocycles. The van der Waals surface area contributed by atoms with Gasteiger partial charge in [-0.1, -0.05) is 12.1 Å². The van der Waals surface area contributed by atoms with Crippen LogP contribution in [0.3, 0.4) is 0 Å². The number of aromatic nitrogens is 1. The van der Waals surface area contributed by atoms with Crippen LogP contribution < -0.4 is 9.47 Å². The van der Waals surface area contributed by atoms with Gasteiger partial charge in [0.05, 0.1) is 20.3 Å². The Balaban J connectivity index is 1.27. The van der Waals surface area contributed by atoms with Gasteiger partial charge in [0, 0.05) is 25.8 Å². The Labute approximate surface area is 201 Å². The Morgan fingerprint density at radius 2 is 2.11 bits per heavy atom. The average Bonchev–Trinajstić information content (AvgIpc) is 3.44. The van der Waals surface area contributed by atoms with E-state index in [9.17, 15) is 18.0 Å². The van der Waals surface area contributed by atoms with Crippen molar-refractivity contribution < 1.29 is 36.9 Å². The van der Waals surface area contributed by atoms with Crippen molar-refractivity contribution in [3.05, 3.63) is 53.5 Å². The molecule has 1 aromatic heterocycles. The van der Waals surface area contributed by atoms with E-state index in [0.717, 1.165) is 0 Å². The molecule has 3 aliphatic rings. The molecule has 0 spiro atoms. The van der Waals surface area contributed by atoms with Gasteiger partial charge in [-0.15, -0.1) is 0 Å². The maximum absolute atomic E-state index is 13.9. The Kier molecular flexibility index (Phi) is 6.35. The number of nitrogens with zero attached hydrogens (tertiary/aromatic N) is 2. The molecule has 1 amide bonds. The second-order valence-corrected chi connectivity index (χ2v) is 9.30. The summed E-state index contributed by atoms with van der Waals surface area (Å²) in [6, 6.07) is 9.36. The lowest BCUT2D eigenvalue weighted by Gasteiger charge is -2.41. The Bertz CT molecular complexity index is 1100. The molecule has 1 aliphatic carbocycles. The molecule has 0 radical (unpaired) electrons. The molecule has 3 unspecified atom stereocenters. The number of likely N-dealkylation sites (tertiary alicyclic amines) is 1. The minimum absolute atomic E-state index is 0.0637. The van der Waals surface area contributed by atoms with Gasteiger partial charge in [-0.3, -0.25) is 4.79 Å². The van der Waals surface area contributed by atoms with E-state index < -0.39 is 17.6 Å². The van der Waals surface area contributed by atoms with Crippen molar-refractivity contribution in [2.75, 3.05) is 33.6 Å². The fraction of sp³-hybridized carbons (Fsp3) is 0.520. The monoisotopic (exact) mass is 492 g/mol. The molecule has 188 valence electrons. The molecule has 2 aromatic rings. The van der Waals surface area contributed by atoms with Crippen molar-refractivity contribution in [1.82, 2.24) is 9.88 Å². The van der Waals surface area contributed by atoms with Gasteiger partial charge in [0.1, 0.15) is 30.0 Å². The first-order chi connectivity index (χ1) is 16.8. The largest absolute Gasteiger partial charge is 0.488 e. The van der Waals surface area contributed by atoms with E-state index in [2.05, 4.69) is 4.98 Å². The highest BCUT2D eigenvalue weighted by Crippen LogP contribution is 2.43. The Morgan fingerprint density at radius 3 is 2.86 bits per heavy atom. The lowest BCUT2D eigenvalue weighted by Crippen LogP contribution is -2.53. The first-order valence-corrected chi connectivity index (χ1v) is 11.7. The molecule has 3 fully saturated rings. The number of ether oxygens (including phenoxy) is 4. The fourth-order valence-corrected chi connectivity index (χ4v) is 5.18. The van der Waals surface area contributed by atoms with Crippen molar-refractivity contribution in [1.29, 1.82) is 0 Å². The van der Waals surface area contributed by atoms with Gasteiger partial charge < -0.3 is 23.8 Å². The van der Waals surface area contributed by atoms with E-state index in [1.807, 2.05) is 0 Å². The number of hydrogen-bond donors (Lipinski definition) is 0. The second-order valence-electron chi connectivity index (χ2n) is 9.30. The molecule has 1 saturated carbocycles. The van der Waals surface area contributed by atoms with Crippen LogP contribution in [0.2, 0.25) is 0 Å². The van der Waals surface area contributed by atoms with Gasteiger partial charge in [0.15, 0.2) is 5.75 Å². The van der Waals surface area contributed by atoms with Crippen LogP contribution in [0.1, 0.15) is 41.7 Å². The summed E-state index contributed by atoms with van der Waals surface area (Å²) in [4.78, 5) is 19.2. The van der Waals surface area contributed by atoms with Crippen LogP contribution >= 0.6 is 0 Å². The maximum atomic E-state index is 13.9. The van der Waals surface area contributed by atoms with Gasteiger partial charge >= 0.3 is 0 Å². The predicted molar refractivity (Wildman–Crippen MR) is 118 cm³/mol. The number of rotatable bonds is 6. The first kappa shape index (κ1) is 23.9. The summed E-state index contributed by atoms with van der Waals surface area (Å²) in [6.07, 6.45) is 0.0696. The van der Waals surface area contributed by atoms with Crippen LogP contribution in [0.15, 0.2) is 36.4 Å². The molecule has 0 N–H and O–H groups in total. The third kappa shape index (κ3) is 4.69. The van der Waals surface area contributed by atoms with Gasteiger partial charge in [0.25, 0.3) is 11.8 Å². The summed E-state index contributed by atoms with van der Waals surface area (Å²) in [5.74, 6) is -3.13. The molecule has 35 heavy (non-hydrogen) atoms. The van der Waals surface area contributed by atoms with Crippen molar-refractivity contribution in [3.63, 3.8) is 0 Å². The van der Waals surface area contributed by atoms with Crippen molar-refractivity contribution >= 4 is 5.91 Å². The fourth-order valence-electron chi connectivity index (χ4n) is 5.18. The zero-order valence-corrected chi connectivity index (χ0v) is 19.3. The molecule has 3 heterocycles. The van der Waals surface area contributed by atoms with Crippen LogP contribution in [-0.4, -0.2) is 61.4 Å². The molecule has 5 rings (SSSR count). The van der Waals surface area contributed by atoms with Gasteiger partial charge in [-0.05, 0) is 42.2 Å². The van der Waals surface area contributed by atoms with Gasteiger partial charge in [0.2, 0.25) is 5.92 Å². The Morgan fingerprint density at radius 1 is 1.26 bits per heavy atom. The first-order valence-electron chi connectivity index (χ1n) is 11.7. The highest BCUT2D eigenvalue weighted by molar-refractivity contribution is 5.92. The number of fused-ring (bicyclic) bond motifs is 1. The van der Waals surface area contributed by atoms with Crippen LogP contribution in [-0.2, 0) is 15.1 Å². The summed E-state index contributed by atoms with van der Waals surface area (Å²) < 4.78 is 63.4. The number of amides is 1. The predicted octanol–water partition coefficient (Wildman–Crippen LogP) is 4.16. The van der Waals surface area contributed by atoms with Crippen LogP contribution in [0.4, 0.5) is 13.2 Å². The van der Waals surface area contributed by atoms with E-state index in [0.29, 0.717) is 30.7 Å². The van der Waals surface area contributed by atoms with Crippen molar-refractivity contribution in [3.8, 4) is 11.6 Å². The van der Waals surface area contributed by atoms with Crippen LogP contribution in [0.5, 0.6) is 11.6 Å². The Hall–Kier alpha value is -2.85. The quantitative estimate of drug-likeness (QED) is 0.603. The van der Waals surface area contributed by atoms with E-state index in [1.165, 1.54) is 25.3 Å². The van der Waals surface area contributed by atoms with Gasteiger partial charge in [-0.2, -0.15) is 0 Å². The molecule has 7 nitrogen and oxygen atoms in total. The number of carbonyl (C=O) groups is 1.